The third kappa shape index (κ3) is 3.15. The SMILES string of the molecule is CNCC(C)(CCN)OC. The van der Waals surface area contributed by atoms with Gasteiger partial charge in [0.25, 0.3) is 0 Å². The zero-order valence-electron chi connectivity index (χ0n) is 7.11. The van der Waals surface area contributed by atoms with E-state index in [0.29, 0.717) is 6.54 Å². The van der Waals surface area contributed by atoms with Gasteiger partial charge >= 0.3 is 0 Å². The molecule has 0 aromatic heterocycles. The summed E-state index contributed by atoms with van der Waals surface area (Å²) in [6.45, 7) is 3.57. The lowest BCUT2D eigenvalue weighted by Crippen LogP contribution is -2.39. The van der Waals surface area contributed by atoms with E-state index in [2.05, 4.69) is 12.2 Å². The number of methoxy groups -OCH3 is 1. The second-order valence-corrected chi connectivity index (χ2v) is 2.72. The molecule has 0 heterocycles. The zero-order chi connectivity index (χ0) is 8.04. The van der Waals surface area contributed by atoms with Crippen LogP contribution < -0.4 is 11.1 Å². The Labute approximate surface area is 62.9 Å². The number of ether oxygens (including phenoxy) is 1. The molecule has 3 heteroatoms. The van der Waals surface area contributed by atoms with Crippen LogP contribution in [0.2, 0.25) is 0 Å². The smallest absolute Gasteiger partial charge is 0.0786 e. The van der Waals surface area contributed by atoms with Gasteiger partial charge in [-0.2, -0.15) is 0 Å². The van der Waals surface area contributed by atoms with Crippen molar-refractivity contribution in [3.05, 3.63) is 0 Å². The van der Waals surface area contributed by atoms with Crippen LogP contribution in [-0.2, 0) is 4.74 Å². The number of nitrogens with two attached hydrogens (primary N) is 1. The first kappa shape index (κ1) is 9.88. The van der Waals surface area contributed by atoms with Gasteiger partial charge in [-0.05, 0) is 26.9 Å². The van der Waals surface area contributed by atoms with Crippen LogP contribution in [0.4, 0.5) is 0 Å². The molecule has 62 valence electrons. The van der Waals surface area contributed by atoms with E-state index >= 15 is 0 Å². The Bertz CT molecular complexity index is 79.7. The minimum atomic E-state index is -0.0937. The average Bonchev–Trinajstić information content (AvgIpc) is 1.89. The third-order valence-corrected chi connectivity index (χ3v) is 1.72. The Morgan fingerprint density at radius 3 is 2.50 bits per heavy atom. The van der Waals surface area contributed by atoms with Crippen LogP contribution in [-0.4, -0.2) is 32.8 Å². The summed E-state index contributed by atoms with van der Waals surface area (Å²) in [7, 11) is 3.63. The monoisotopic (exact) mass is 146 g/mol. The minimum absolute atomic E-state index is 0.0937. The van der Waals surface area contributed by atoms with Crippen molar-refractivity contribution in [3.63, 3.8) is 0 Å². The number of rotatable bonds is 5. The van der Waals surface area contributed by atoms with Gasteiger partial charge in [-0.15, -0.1) is 0 Å². The topological polar surface area (TPSA) is 47.3 Å². The van der Waals surface area contributed by atoms with Crippen molar-refractivity contribution in [1.29, 1.82) is 0 Å². The lowest BCUT2D eigenvalue weighted by Gasteiger charge is -2.26. The molecule has 0 radical (unpaired) electrons. The van der Waals surface area contributed by atoms with Crippen molar-refractivity contribution >= 4 is 0 Å². The van der Waals surface area contributed by atoms with Crippen LogP contribution in [0.3, 0.4) is 0 Å². The summed E-state index contributed by atoms with van der Waals surface area (Å²) in [6.07, 6.45) is 0.893. The second-order valence-electron chi connectivity index (χ2n) is 2.72. The molecule has 0 bridgehead atoms. The van der Waals surface area contributed by atoms with E-state index in [1.165, 1.54) is 0 Å². The van der Waals surface area contributed by atoms with Crippen LogP contribution in [0.1, 0.15) is 13.3 Å². The van der Waals surface area contributed by atoms with Crippen LogP contribution in [0.5, 0.6) is 0 Å². The normalized spacial score (nSPS) is 16.8. The van der Waals surface area contributed by atoms with Gasteiger partial charge in [0.05, 0.1) is 5.60 Å². The molecule has 0 aromatic rings. The van der Waals surface area contributed by atoms with E-state index in [1.54, 1.807) is 7.11 Å². The highest BCUT2D eigenvalue weighted by atomic mass is 16.5. The maximum Gasteiger partial charge on any atom is 0.0786 e. The highest BCUT2D eigenvalue weighted by Gasteiger charge is 2.20. The summed E-state index contributed by atoms with van der Waals surface area (Å²) in [5.41, 5.74) is 5.32. The fourth-order valence-corrected chi connectivity index (χ4v) is 0.942. The lowest BCUT2D eigenvalue weighted by molar-refractivity contribution is 0.00329. The first-order valence-electron chi connectivity index (χ1n) is 3.58. The lowest BCUT2D eigenvalue weighted by atomic mass is 10.0. The molecule has 0 aliphatic carbocycles. The number of hydrogen-bond donors (Lipinski definition) is 2. The summed E-state index contributed by atoms with van der Waals surface area (Å²) in [5, 5.41) is 3.06. The maximum absolute atomic E-state index is 5.41. The summed E-state index contributed by atoms with van der Waals surface area (Å²) < 4.78 is 5.28. The van der Waals surface area contributed by atoms with Crippen molar-refractivity contribution < 1.29 is 4.74 Å². The fraction of sp³-hybridized carbons (Fsp3) is 1.00. The fourth-order valence-electron chi connectivity index (χ4n) is 0.942. The van der Waals surface area contributed by atoms with Crippen LogP contribution in [0.25, 0.3) is 0 Å². The Morgan fingerprint density at radius 2 is 2.20 bits per heavy atom. The van der Waals surface area contributed by atoms with Crippen molar-refractivity contribution in [2.45, 2.75) is 18.9 Å². The molecule has 3 nitrogen and oxygen atoms in total. The predicted molar refractivity (Wildman–Crippen MR) is 43.0 cm³/mol. The largest absolute Gasteiger partial charge is 0.377 e. The van der Waals surface area contributed by atoms with Crippen molar-refractivity contribution in [2.75, 3.05) is 27.2 Å². The zero-order valence-corrected chi connectivity index (χ0v) is 7.11. The first-order chi connectivity index (χ1) is 4.68. The van der Waals surface area contributed by atoms with Crippen molar-refractivity contribution in [3.8, 4) is 0 Å². The maximum atomic E-state index is 5.41. The molecule has 0 amide bonds. The highest BCUT2D eigenvalue weighted by molar-refractivity contribution is 4.76. The van der Waals surface area contributed by atoms with Crippen molar-refractivity contribution in [2.24, 2.45) is 5.73 Å². The molecular weight excluding hydrogens is 128 g/mol. The molecule has 0 aliphatic heterocycles. The number of nitrogens with one attached hydrogen (secondary N) is 1. The van der Waals surface area contributed by atoms with Crippen molar-refractivity contribution in [1.82, 2.24) is 5.32 Å². The minimum Gasteiger partial charge on any atom is -0.377 e. The average molecular weight is 146 g/mol. The van der Waals surface area contributed by atoms with Gasteiger partial charge < -0.3 is 15.8 Å². The first-order valence-corrected chi connectivity index (χ1v) is 3.58. The molecule has 0 spiro atoms. The third-order valence-electron chi connectivity index (χ3n) is 1.72. The van der Waals surface area contributed by atoms with Gasteiger partial charge in [-0.25, -0.2) is 0 Å². The Kier molecular flexibility index (Phi) is 4.60. The quantitative estimate of drug-likeness (QED) is 0.572. The number of likely N-dealkylation sites (N-methyl/N-ethyl adjacent to an activating group) is 1. The molecule has 0 aromatic carbocycles. The second kappa shape index (κ2) is 4.66. The van der Waals surface area contributed by atoms with E-state index in [4.69, 9.17) is 10.5 Å². The van der Waals surface area contributed by atoms with E-state index in [1.807, 2.05) is 7.05 Å². The molecule has 0 saturated heterocycles. The van der Waals surface area contributed by atoms with Gasteiger partial charge in [-0.1, -0.05) is 0 Å². The van der Waals surface area contributed by atoms with Gasteiger partial charge in [0.2, 0.25) is 0 Å². The van der Waals surface area contributed by atoms with E-state index < -0.39 is 0 Å². The summed E-state index contributed by atoms with van der Waals surface area (Å²) in [6, 6.07) is 0. The molecule has 1 unspecified atom stereocenters. The van der Waals surface area contributed by atoms with Crippen LogP contribution in [0, 0.1) is 0 Å². The Morgan fingerprint density at radius 1 is 1.60 bits per heavy atom. The molecule has 0 saturated carbocycles. The molecule has 1 atom stereocenters. The Hall–Kier alpha value is -0.120. The van der Waals surface area contributed by atoms with Gasteiger partial charge in [-0.3, -0.25) is 0 Å². The standard InChI is InChI=1S/C7H18N2O/c1-7(10-3,4-5-8)6-9-2/h9H,4-6,8H2,1-3H3. The van der Waals surface area contributed by atoms with Gasteiger partial charge in [0, 0.05) is 13.7 Å². The van der Waals surface area contributed by atoms with Crippen LogP contribution in [0.15, 0.2) is 0 Å². The molecule has 3 N–H and O–H groups in total. The molecular formula is C7H18N2O. The molecule has 10 heavy (non-hydrogen) atoms. The molecule has 0 aliphatic rings. The predicted octanol–water partition coefficient (Wildman–Crippen LogP) is -0.0403. The summed E-state index contributed by atoms with van der Waals surface area (Å²) in [5.74, 6) is 0. The van der Waals surface area contributed by atoms with Gasteiger partial charge in [0.1, 0.15) is 0 Å². The summed E-state index contributed by atoms with van der Waals surface area (Å²) in [4.78, 5) is 0. The van der Waals surface area contributed by atoms with E-state index in [0.717, 1.165) is 13.0 Å². The number of hydrogen-bond acceptors (Lipinski definition) is 3. The van der Waals surface area contributed by atoms with Gasteiger partial charge in [0.15, 0.2) is 0 Å². The Balaban J connectivity index is 3.69. The van der Waals surface area contributed by atoms with E-state index in [-0.39, 0.29) is 5.60 Å². The molecule has 0 rings (SSSR count). The molecule has 0 fully saturated rings. The van der Waals surface area contributed by atoms with E-state index in [9.17, 15) is 0 Å². The highest BCUT2D eigenvalue weighted by Crippen LogP contribution is 2.11. The summed E-state index contributed by atoms with van der Waals surface area (Å²) >= 11 is 0. The van der Waals surface area contributed by atoms with Crippen LogP contribution >= 0.6 is 0 Å².